The molecule has 5 aliphatic carbocycles. The van der Waals surface area contributed by atoms with Crippen molar-refractivity contribution >= 4 is 23.7 Å². The Morgan fingerprint density at radius 1 is 1.14 bits per heavy atom. The summed E-state index contributed by atoms with van der Waals surface area (Å²) in [7, 11) is 0. The molecule has 0 saturated heterocycles. The van der Waals surface area contributed by atoms with Gasteiger partial charge in [0.25, 0.3) is 0 Å². The van der Waals surface area contributed by atoms with Crippen molar-refractivity contribution in [2.75, 3.05) is 0 Å². The molecule has 5 fully saturated rings. The second-order valence-electron chi connectivity index (χ2n) is 9.76. The van der Waals surface area contributed by atoms with Crippen molar-refractivity contribution in [3.63, 3.8) is 0 Å². The summed E-state index contributed by atoms with van der Waals surface area (Å²) in [5.41, 5.74) is -0.0863. The van der Waals surface area contributed by atoms with Crippen LogP contribution in [0.3, 0.4) is 0 Å². The van der Waals surface area contributed by atoms with Crippen LogP contribution >= 0.6 is 11.8 Å². The SMILES string of the molecule is CCn1c(S[C@@H](C)C(=O)NC(=O)NC23CC4CC(CC(C4)C2)C3)nnc1C1CC1. The Hall–Kier alpha value is -1.57. The molecule has 29 heavy (non-hydrogen) atoms. The Kier molecular flexibility index (Phi) is 4.87. The molecule has 5 saturated carbocycles. The Morgan fingerprint density at radius 2 is 1.76 bits per heavy atom. The van der Waals surface area contributed by atoms with Gasteiger partial charge in [-0.3, -0.25) is 10.1 Å². The first-order valence-electron chi connectivity index (χ1n) is 11.2. The molecule has 1 aromatic rings. The van der Waals surface area contributed by atoms with Gasteiger partial charge in [-0.2, -0.15) is 0 Å². The first-order valence-corrected chi connectivity index (χ1v) is 12.1. The highest BCUT2D eigenvalue weighted by Crippen LogP contribution is 2.55. The number of thioether (sulfide) groups is 1. The number of nitrogens with one attached hydrogen (secondary N) is 2. The lowest BCUT2D eigenvalue weighted by Gasteiger charge is -2.56. The largest absolute Gasteiger partial charge is 0.332 e. The smallest absolute Gasteiger partial charge is 0.321 e. The van der Waals surface area contributed by atoms with Crippen LogP contribution < -0.4 is 10.6 Å². The van der Waals surface area contributed by atoms with Crippen molar-refractivity contribution in [2.45, 2.75) is 93.6 Å². The quantitative estimate of drug-likeness (QED) is 0.692. The predicted molar refractivity (Wildman–Crippen MR) is 111 cm³/mol. The van der Waals surface area contributed by atoms with E-state index in [1.165, 1.54) is 43.9 Å². The highest BCUT2D eigenvalue weighted by molar-refractivity contribution is 8.00. The Balaban J connectivity index is 1.18. The van der Waals surface area contributed by atoms with Crippen molar-refractivity contribution in [3.8, 4) is 0 Å². The summed E-state index contributed by atoms with van der Waals surface area (Å²) in [6.07, 6.45) is 9.56. The first-order chi connectivity index (χ1) is 13.9. The molecule has 6 rings (SSSR count). The monoisotopic (exact) mass is 417 g/mol. The second-order valence-corrected chi connectivity index (χ2v) is 11.1. The zero-order valence-corrected chi connectivity index (χ0v) is 18.1. The summed E-state index contributed by atoms with van der Waals surface area (Å²) in [5, 5.41) is 14.8. The summed E-state index contributed by atoms with van der Waals surface area (Å²) >= 11 is 1.38. The van der Waals surface area contributed by atoms with E-state index in [1.807, 2.05) is 6.92 Å². The minimum atomic E-state index is -0.404. The topological polar surface area (TPSA) is 88.9 Å². The van der Waals surface area contributed by atoms with Gasteiger partial charge in [0.05, 0.1) is 5.25 Å². The van der Waals surface area contributed by atoms with Crippen LogP contribution in [0.15, 0.2) is 5.16 Å². The van der Waals surface area contributed by atoms with Gasteiger partial charge in [0, 0.05) is 18.0 Å². The Bertz CT molecular complexity index is 783. The number of carbonyl (C=O) groups excluding carboxylic acids is 2. The maximum Gasteiger partial charge on any atom is 0.321 e. The third kappa shape index (κ3) is 3.80. The Labute approximate surface area is 176 Å². The van der Waals surface area contributed by atoms with Gasteiger partial charge in [0.1, 0.15) is 5.82 Å². The molecule has 0 radical (unpaired) electrons. The lowest BCUT2D eigenvalue weighted by molar-refractivity contribution is -0.119. The van der Waals surface area contributed by atoms with Gasteiger partial charge in [0.15, 0.2) is 5.16 Å². The van der Waals surface area contributed by atoms with Crippen LogP contribution in [-0.2, 0) is 11.3 Å². The van der Waals surface area contributed by atoms with Crippen LogP contribution in [-0.4, -0.2) is 37.5 Å². The predicted octanol–water partition coefficient (Wildman–Crippen LogP) is 3.45. The van der Waals surface area contributed by atoms with E-state index < -0.39 is 5.25 Å². The van der Waals surface area contributed by atoms with Crippen molar-refractivity contribution in [1.29, 1.82) is 0 Å². The lowest BCUT2D eigenvalue weighted by Crippen LogP contribution is -2.62. The number of hydrogen-bond donors (Lipinski definition) is 2. The van der Waals surface area contributed by atoms with E-state index in [2.05, 4.69) is 32.3 Å². The summed E-state index contributed by atoms with van der Waals surface area (Å²) in [6, 6.07) is -0.333. The molecule has 2 N–H and O–H groups in total. The van der Waals surface area contributed by atoms with E-state index in [0.717, 1.165) is 54.5 Å². The van der Waals surface area contributed by atoms with Gasteiger partial charge in [-0.1, -0.05) is 11.8 Å². The van der Waals surface area contributed by atoms with E-state index in [4.69, 9.17) is 0 Å². The summed E-state index contributed by atoms with van der Waals surface area (Å²) in [4.78, 5) is 25.3. The van der Waals surface area contributed by atoms with Crippen LogP contribution in [0, 0.1) is 17.8 Å². The summed E-state index contributed by atoms with van der Waals surface area (Å²) in [5.74, 6) is 3.55. The molecule has 0 aliphatic heterocycles. The molecular weight excluding hydrogens is 386 g/mol. The molecule has 5 aliphatic rings. The molecule has 0 aromatic carbocycles. The summed E-state index contributed by atoms with van der Waals surface area (Å²) < 4.78 is 2.10. The average molecular weight is 418 g/mol. The van der Waals surface area contributed by atoms with Crippen LogP contribution in [0.4, 0.5) is 4.79 Å². The fourth-order valence-electron chi connectivity index (χ4n) is 6.29. The molecule has 1 heterocycles. The van der Waals surface area contributed by atoms with Crippen molar-refractivity contribution in [1.82, 2.24) is 25.4 Å². The molecule has 3 amide bonds. The molecule has 1 atom stereocenters. The zero-order chi connectivity index (χ0) is 20.2. The van der Waals surface area contributed by atoms with E-state index in [0.29, 0.717) is 5.92 Å². The van der Waals surface area contributed by atoms with Gasteiger partial charge >= 0.3 is 6.03 Å². The normalized spacial score (nSPS) is 33.5. The van der Waals surface area contributed by atoms with E-state index in [9.17, 15) is 9.59 Å². The number of amides is 3. The van der Waals surface area contributed by atoms with E-state index in [-0.39, 0.29) is 17.5 Å². The van der Waals surface area contributed by atoms with Crippen LogP contribution in [0.5, 0.6) is 0 Å². The first kappa shape index (κ1) is 19.4. The third-order valence-corrected chi connectivity index (χ3v) is 8.39. The number of aromatic nitrogens is 3. The molecule has 1 aromatic heterocycles. The molecular formula is C21H31N5O2S. The maximum atomic E-state index is 12.6. The average Bonchev–Trinajstić information content (AvgIpc) is 3.40. The van der Waals surface area contributed by atoms with Gasteiger partial charge in [0.2, 0.25) is 5.91 Å². The molecule has 8 heteroatoms. The van der Waals surface area contributed by atoms with Crippen molar-refractivity contribution < 1.29 is 9.59 Å². The Morgan fingerprint density at radius 3 is 2.31 bits per heavy atom. The van der Waals surface area contributed by atoms with E-state index >= 15 is 0 Å². The number of imide groups is 1. The minimum Gasteiger partial charge on any atom is -0.332 e. The fraction of sp³-hybridized carbons (Fsp3) is 0.810. The molecule has 0 unspecified atom stereocenters. The number of nitrogens with zero attached hydrogens (tertiary/aromatic N) is 3. The molecule has 4 bridgehead atoms. The number of carbonyl (C=O) groups is 2. The minimum absolute atomic E-state index is 0.0863. The standard InChI is InChI=1S/C21H31N5O2S/c1-3-26-17(16-4-5-16)24-25-20(26)29-12(2)18(27)22-19(28)23-21-9-13-6-14(10-21)8-15(7-13)11-21/h12-16H,3-11H2,1-2H3,(H2,22,23,27,28)/t12-,13?,14?,15?,21?/m0/s1. The zero-order valence-electron chi connectivity index (χ0n) is 17.3. The maximum absolute atomic E-state index is 12.6. The molecule has 7 nitrogen and oxygen atoms in total. The van der Waals surface area contributed by atoms with Crippen molar-refractivity contribution in [2.24, 2.45) is 17.8 Å². The van der Waals surface area contributed by atoms with Gasteiger partial charge in [-0.05, 0) is 83.0 Å². The number of rotatable bonds is 6. The van der Waals surface area contributed by atoms with Crippen LogP contribution in [0.2, 0.25) is 0 Å². The van der Waals surface area contributed by atoms with Gasteiger partial charge < -0.3 is 9.88 Å². The highest BCUT2D eigenvalue weighted by Gasteiger charge is 2.51. The third-order valence-electron chi connectivity index (χ3n) is 7.31. The molecule has 0 spiro atoms. The number of urea groups is 1. The van der Waals surface area contributed by atoms with Crippen LogP contribution in [0.25, 0.3) is 0 Å². The van der Waals surface area contributed by atoms with Crippen molar-refractivity contribution in [3.05, 3.63) is 5.82 Å². The van der Waals surface area contributed by atoms with Crippen LogP contribution in [0.1, 0.15) is 77.0 Å². The van der Waals surface area contributed by atoms with E-state index in [1.54, 1.807) is 0 Å². The fourth-order valence-corrected chi connectivity index (χ4v) is 7.21. The molecule has 158 valence electrons. The summed E-state index contributed by atoms with van der Waals surface area (Å²) in [6.45, 7) is 4.69. The highest BCUT2D eigenvalue weighted by atomic mass is 32.2. The lowest BCUT2D eigenvalue weighted by atomic mass is 9.53. The van der Waals surface area contributed by atoms with Gasteiger partial charge in [-0.15, -0.1) is 10.2 Å². The van der Waals surface area contributed by atoms with Gasteiger partial charge in [-0.25, -0.2) is 4.79 Å². The second kappa shape index (κ2) is 7.29. The number of hydrogen-bond acceptors (Lipinski definition) is 5.